The van der Waals surface area contributed by atoms with Crippen molar-refractivity contribution >= 4 is 22.9 Å². The van der Waals surface area contributed by atoms with Crippen LogP contribution in [0.15, 0.2) is 53.6 Å². The van der Waals surface area contributed by atoms with Crippen LogP contribution in [0.25, 0.3) is 5.65 Å². The molecule has 0 atom stereocenters. The first kappa shape index (κ1) is 18.1. The summed E-state index contributed by atoms with van der Waals surface area (Å²) in [5.74, 6) is -0.548. The fourth-order valence-electron chi connectivity index (χ4n) is 2.59. The van der Waals surface area contributed by atoms with Gasteiger partial charge in [0.1, 0.15) is 16.9 Å². The van der Waals surface area contributed by atoms with Crippen molar-refractivity contribution in [3.8, 4) is 0 Å². The summed E-state index contributed by atoms with van der Waals surface area (Å²) in [7, 11) is 0. The topological polar surface area (TPSA) is 119 Å². The average Bonchev–Trinajstić information content (AvgIpc) is 2.66. The molecule has 9 nitrogen and oxygen atoms in total. The van der Waals surface area contributed by atoms with Gasteiger partial charge in [0.05, 0.1) is 4.92 Å². The molecule has 0 unspecified atom stereocenters. The number of hydrogen-bond donors (Lipinski definition) is 2. The number of aryl methyl sites for hydroxylation is 1. The van der Waals surface area contributed by atoms with E-state index in [4.69, 9.17) is 0 Å². The highest BCUT2D eigenvalue weighted by Gasteiger charge is 2.14. The van der Waals surface area contributed by atoms with Crippen molar-refractivity contribution in [1.82, 2.24) is 14.7 Å². The Morgan fingerprint density at radius 3 is 2.78 bits per heavy atom. The van der Waals surface area contributed by atoms with Crippen LogP contribution in [0.1, 0.15) is 15.9 Å². The summed E-state index contributed by atoms with van der Waals surface area (Å²) in [4.78, 5) is 39.4. The van der Waals surface area contributed by atoms with Crippen LogP contribution >= 0.6 is 0 Å². The molecule has 0 saturated heterocycles. The molecule has 1 aromatic carbocycles. The summed E-state index contributed by atoms with van der Waals surface area (Å²) in [5.41, 5.74) is 1.13. The molecule has 0 fully saturated rings. The van der Waals surface area contributed by atoms with Crippen molar-refractivity contribution in [3.63, 3.8) is 0 Å². The van der Waals surface area contributed by atoms with Crippen LogP contribution in [-0.2, 0) is 0 Å². The number of benzene rings is 1. The van der Waals surface area contributed by atoms with Crippen molar-refractivity contribution < 1.29 is 9.72 Å². The lowest BCUT2D eigenvalue weighted by molar-refractivity contribution is -0.384. The van der Waals surface area contributed by atoms with E-state index in [1.807, 2.05) is 13.0 Å². The smallest absolute Gasteiger partial charge is 0.292 e. The molecule has 3 rings (SSSR count). The molecule has 0 saturated carbocycles. The zero-order chi connectivity index (χ0) is 19.4. The molecule has 0 spiro atoms. The molecule has 9 heteroatoms. The molecular formula is C18H17N5O4. The maximum absolute atomic E-state index is 12.5. The number of nitrogens with one attached hydrogen (secondary N) is 2. The molecule has 27 heavy (non-hydrogen) atoms. The number of nitro benzene ring substituents is 1. The van der Waals surface area contributed by atoms with Crippen molar-refractivity contribution in [2.75, 3.05) is 18.4 Å². The van der Waals surface area contributed by atoms with E-state index in [2.05, 4.69) is 15.6 Å². The highest BCUT2D eigenvalue weighted by molar-refractivity contribution is 5.93. The van der Waals surface area contributed by atoms with Crippen molar-refractivity contribution in [2.45, 2.75) is 6.92 Å². The molecule has 0 radical (unpaired) electrons. The van der Waals surface area contributed by atoms with Crippen molar-refractivity contribution in [3.05, 3.63) is 80.4 Å². The van der Waals surface area contributed by atoms with E-state index in [0.717, 1.165) is 5.56 Å². The predicted octanol–water partition coefficient (Wildman–Crippen LogP) is 1.75. The van der Waals surface area contributed by atoms with E-state index in [1.54, 1.807) is 30.5 Å². The number of nitrogens with zero attached hydrogens (tertiary/aromatic N) is 3. The third-order valence-electron chi connectivity index (χ3n) is 3.92. The zero-order valence-electron chi connectivity index (χ0n) is 14.5. The number of aromatic nitrogens is 2. The third kappa shape index (κ3) is 3.92. The minimum atomic E-state index is -0.548. The summed E-state index contributed by atoms with van der Waals surface area (Å²) < 4.78 is 1.33. The molecule has 2 aromatic heterocycles. The first-order chi connectivity index (χ1) is 13.0. The van der Waals surface area contributed by atoms with E-state index < -0.39 is 16.4 Å². The molecule has 0 aliphatic heterocycles. The normalized spacial score (nSPS) is 10.6. The quantitative estimate of drug-likeness (QED) is 0.389. The summed E-state index contributed by atoms with van der Waals surface area (Å²) in [5, 5.41) is 16.5. The summed E-state index contributed by atoms with van der Waals surface area (Å²) in [6, 6.07) is 9.77. The standard InChI is InChI=1S/C18H17N5O4/c1-12-6-7-16-21-10-13(18(25)22(16)11-12)17(24)20-9-8-19-14-4-2-3-5-15(14)23(26)27/h2-7,10-11,19H,8-9H2,1H3,(H,20,24). The number of carbonyl (C=O) groups excluding carboxylic acids is 1. The molecule has 3 aromatic rings. The van der Waals surface area contributed by atoms with Crippen LogP contribution < -0.4 is 16.2 Å². The third-order valence-corrected chi connectivity index (χ3v) is 3.92. The van der Waals surface area contributed by atoms with E-state index in [0.29, 0.717) is 11.3 Å². The lowest BCUT2D eigenvalue weighted by Gasteiger charge is -2.09. The summed E-state index contributed by atoms with van der Waals surface area (Å²) >= 11 is 0. The minimum Gasteiger partial charge on any atom is -0.378 e. The Labute approximate surface area is 153 Å². The van der Waals surface area contributed by atoms with Gasteiger partial charge in [-0.05, 0) is 24.6 Å². The fraction of sp³-hybridized carbons (Fsp3) is 0.167. The van der Waals surface area contributed by atoms with E-state index in [1.165, 1.54) is 16.7 Å². The number of fused-ring (bicyclic) bond motifs is 1. The number of nitro groups is 1. The molecule has 0 aliphatic rings. The molecule has 0 aliphatic carbocycles. The monoisotopic (exact) mass is 367 g/mol. The molecule has 2 N–H and O–H groups in total. The number of anilines is 1. The Balaban J connectivity index is 1.65. The first-order valence-electron chi connectivity index (χ1n) is 8.21. The second kappa shape index (κ2) is 7.65. The van der Waals surface area contributed by atoms with Gasteiger partial charge in [-0.2, -0.15) is 0 Å². The van der Waals surface area contributed by atoms with Crippen LogP contribution in [0, 0.1) is 17.0 Å². The second-order valence-electron chi connectivity index (χ2n) is 5.87. The Hall–Kier alpha value is -3.75. The van der Waals surface area contributed by atoms with Crippen LogP contribution in [0.3, 0.4) is 0 Å². The van der Waals surface area contributed by atoms with Crippen molar-refractivity contribution in [2.24, 2.45) is 0 Å². The predicted molar refractivity (Wildman–Crippen MR) is 100 cm³/mol. The second-order valence-corrected chi connectivity index (χ2v) is 5.87. The highest BCUT2D eigenvalue weighted by Crippen LogP contribution is 2.22. The van der Waals surface area contributed by atoms with Gasteiger partial charge in [-0.25, -0.2) is 4.98 Å². The maximum Gasteiger partial charge on any atom is 0.292 e. The summed E-state index contributed by atoms with van der Waals surface area (Å²) in [6.07, 6.45) is 2.87. The Bertz CT molecular complexity index is 1080. The minimum absolute atomic E-state index is 0.0452. The van der Waals surface area contributed by atoms with Crippen LogP contribution in [0.4, 0.5) is 11.4 Å². The van der Waals surface area contributed by atoms with Gasteiger partial charge < -0.3 is 10.6 Å². The lowest BCUT2D eigenvalue weighted by atomic mass is 10.2. The number of carbonyl (C=O) groups is 1. The molecule has 0 bridgehead atoms. The average molecular weight is 367 g/mol. The van der Waals surface area contributed by atoms with Gasteiger partial charge >= 0.3 is 0 Å². The first-order valence-corrected chi connectivity index (χ1v) is 8.21. The van der Waals surface area contributed by atoms with Gasteiger partial charge in [-0.3, -0.25) is 24.1 Å². The van der Waals surface area contributed by atoms with Gasteiger partial charge in [0, 0.05) is 31.5 Å². The van der Waals surface area contributed by atoms with Gasteiger partial charge in [-0.15, -0.1) is 0 Å². The largest absolute Gasteiger partial charge is 0.378 e. The zero-order valence-corrected chi connectivity index (χ0v) is 14.5. The lowest BCUT2D eigenvalue weighted by Crippen LogP contribution is -2.34. The number of rotatable bonds is 6. The molecule has 2 heterocycles. The number of pyridine rings is 1. The summed E-state index contributed by atoms with van der Waals surface area (Å²) in [6.45, 7) is 2.28. The molecule has 1 amide bonds. The van der Waals surface area contributed by atoms with Gasteiger partial charge in [0.15, 0.2) is 0 Å². The maximum atomic E-state index is 12.5. The van der Waals surface area contributed by atoms with Crippen LogP contribution in [0.2, 0.25) is 0 Å². The molecular weight excluding hydrogens is 350 g/mol. The van der Waals surface area contributed by atoms with Gasteiger partial charge in [-0.1, -0.05) is 18.2 Å². The SMILES string of the molecule is Cc1ccc2ncc(C(=O)NCCNc3ccccc3[N+](=O)[O-])c(=O)n2c1. The number of amides is 1. The van der Waals surface area contributed by atoms with E-state index in [9.17, 15) is 19.7 Å². The van der Waals surface area contributed by atoms with Crippen molar-refractivity contribution in [1.29, 1.82) is 0 Å². The van der Waals surface area contributed by atoms with E-state index >= 15 is 0 Å². The number of hydrogen-bond acceptors (Lipinski definition) is 6. The van der Waals surface area contributed by atoms with E-state index in [-0.39, 0.29) is 24.3 Å². The Morgan fingerprint density at radius 2 is 2.00 bits per heavy atom. The van der Waals surface area contributed by atoms with Crippen LogP contribution in [0.5, 0.6) is 0 Å². The Kier molecular flexibility index (Phi) is 5.11. The van der Waals surface area contributed by atoms with Crippen LogP contribution in [-0.4, -0.2) is 33.3 Å². The number of para-hydroxylation sites is 2. The molecule has 138 valence electrons. The fourth-order valence-corrected chi connectivity index (χ4v) is 2.59. The van der Waals surface area contributed by atoms with Gasteiger partial charge in [0.2, 0.25) is 0 Å². The Morgan fingerprint density at radius 1 is 1.22 bits per heavy atom. The van der Waals surface area contributed by atoms with Gasteiger partial charge in [0.25, 0.3) is 17.2 Å². The highest BCUT2D eigenvalue weighted by atomic mass is 16.6.